The van der Waals surface area contributed by atoms with Crippen molar-refractivity contribution in [2.75, 3.05) is 0 Å². The molecule has 0 aliphatic carbocycles. The molecule has 0 aromatic heterocycles. The fourth-order valence-corrected chi connectivity index (χ4v) is 18.3. The first-order valence-electron chi connectivity index (χ1n) is 14.9. The second-order valence-electron chi connectivity index (χ2n) is 11.3. The van der Waals surface area contributed by atoms with E-state index in [9.17, 15) is 0 Å². The Morgan fingerprint density at radius 2 is 0.465 bits per heavy atom. The van der Waals surface area contributed by atoms with Gasteiger partial charge in [-0.05, 0) is 0 Å². The van der Waals surface area contributed by atoms with E-state index in [0.717, 1.165) is 0 Å². The van der Waals surface area contributed by atoms with Crippen molar-refractivity contribution in [3.8, 4) is 0 Å². The van der Waals surface area contributed by atoms with E-state index in [1.807, 2.05) is 0 Å². The van der Waals surface area contributed by atoms with Crippen molar-refractivity contribution in [1.29, 1.82) is 0 Å². The molecular weight excluding hydrogens is 713 g/mol. The topological polar surface area (TPSA) is 0 Å². The fourth-order valence-electron chi connectivity index (χ4n) is 7.05. The Hall–Kier alpha value is -4.58. The zero-order valence-electron chi connectivity index (χ0n) is 23.5. The molecular formula is C42H27Bi. The van der Waals surface area contributed by atoms with Crippen LogP contribution in [0.3, 0.4) is 0 Å². The Morgan fingerprint density at radius 1 is 0.233 bits per heavy atom. The van der Waals surface area contributed by atoms with Crippen LogP contribution in [0, 0.1) is 0 Å². The summed E-state index contributed by atoms with van der Waals surface area (Å²) in [5.74, 6) is 0. The molecule has 0 saturated heterocycles. The van der Waals surface area contributed by atoms with Crippen LogP contribution in [0.25, 0.3) is 64.6 Å². The monoisotopic (exact) mass is 740 g/mol. The SMILES string of the molecule is c1ccc2c(c1)c[c]([Bi]([c]1cc3ccccc3c3ccccc13)[c]1cc3ccccc3c3ccccc13)c1ccccc12. The molecule has 200 valence electrons. The molecule has 0 radical (unpaired) electrons. The third-order valence-electron chi connectivity index (χ3n) is 8.96. The van der Waals surface area contributed by atoms with E-state index in [-0.39, 0.29) is 0 Å². The predicted molar refractivity (Wildman–Crippen MR) is 189 cm³/mol. The summed E-state index contributed by atoms with van der Waals surface area (Å²) >= 11 is -3.06. The molecule has 0 aliphatic heterocycles. The van der Waals surface area contributed by atoms with Gasteiger partial charge in [0.25, 0.3) is 0 Å². The Labute approximate surface area is 258 Å². The van der Waals surface area contributed by atoms with Crippen molar-refractivity contribution in [2.24, 2.45) is 0 Å². The van der Waals surface area contributed by atoms with Gasteiger partial charge in [0, 0.05) is 0 Å². The van der Waals surface area contributed by atoms with Gasteiger partial charge >= 0.3 is 260 Å². The molecule has 0 nitrogen and oxygen atoms in total. The standard InChI is InChI=1S/3C14H9.Bi/c3*1-3-7-13-11(5-1)9-10-12-6-2-4-8-14(12)13;/h3*1-9H;. The molecule has 0 amide bonds. The van der Waals surface area contributed by atoms with Gasteiger partial charge in [-0.1, -0.05) is 0 Å². The molecule has 0 aliphatic rings. The van der Waals surface area contributed by atoms with Crippen molar-refractivity contribution in [1.82, 2.24) is 0 Å². The molecule has 0 unspecified atom stereocenters. The van der Waals surface area contributed by atoms with E-state index in [1.165, 1.54) is 64.6 Å². The van der Waals surface area contributed by atoms with Gasteiger partial charge in [0.1, 0.15) is 0 Å². The van der Waals surface area contributed by atoms with Crippen LogP contribution in [-0.4, -0.2) is 21.8 Å². The first-order chi connectivity index (χ1) is 21.3. The number of hydrogen-bond donors (Lipinski definition) is 0. The molecule has 43 heavy (non-hydrogen) atoms. The van der Waals surface area contributed by atoms with Gasteiger partial charge in [-0.2, -0.15) is 0 Å². The average molecular weight is 741 g/mol. The molecule has 1 heteroatoms. The molecule has 0 heterocycles. The third kappa shape index (κ3) is 3.92. The maximum atomic E-state index is 2.55. The molecule has 0 spiro atoms. The number of benzene rings is 9. The van der Waals surface area contributed by atoms with Crippen LogP contribution in [0.4, 0.5) is 0 Å². The van der Waals surface area contributed by atoms with Crippen LogP contribution >= 0.6 is 0 Å². The van der Waals surface area contributed by atoms with Gasteiger partial charge in [-0.15, -0.1) is 0 Å². The molecule has 0 N–H and O–H groups in total. The number of hydrogen-bond acceptors (Lipinski definition) is 0. The van der Waals surface area contributed by atoms with Crippen molar-refractivity contribution in [3.63, 3.8) is 0 Å². The van der Waals surface area contributed by atoms with Gasteiger partial charge < -0.3 is 0 Å². The minimum absolute atomic E-state index is 1.33. The van der Waals surface area contributed by atoms with Gasteiger partial charge in [0.15, 0.2) is 0 Å². The second-order valence-corrected chi connectivity index (χ2v) is 19.5. The second kappa shape index (κ2) is 10.0. The van der Waals surface area contributed by atoms with Gasteiger partial charge in [0.2, 0.25) is 0 Å². The van der Waals surface area contributed by atoms with Crippen molar-refractivity contribution in [2.45, 2.75) is 0 Å². The van der Waals surface area contributed by atoms with Crippen molar-refractivity contribution >= 4 is 96.2 Å². The third-order valence-corrected chi connectivity index (χ3v) is 18.9. The summed E-state index contributed by atoms with van der Waals surface area (Å²) in [5.41, 5.74) is 0. The Balaban J connectivity index is 1.51. The summed E-state index contributed by atoms with van der Waals surface area (Å²) in [4.78, 5) is 0. The first kappa shape index (κ1) is 25.0. The van der Waals surface area contributed by atoms with Crippen molar-refractivity contribution < 1.29 is 0 Å². The van der Waals surface area contributed by atoms with Gasteiger partial charge in [-0.3, -0.25) is 0 Å². The van der Waals surface area contributed by atoms with Crippen LogP contribution in [0.5, 0.6) is 0 Å². The van der Waals surface area contributed by atoms with Crippen LogP contribution in [0.15, 0.2) is 164 Å². The zero-order chi connectivity index (χ0) is 28.3. The Bertz CT molecular complexity index is 2240. The first-order valence-corrected chi connectivity index (χ1v) is 20.1. The molecule has 0 atom stereocenters. The average Bonchev–Trinajstić information content (AvgIpc) is 3.08. The van der Waals surface area contributed by atoms with E-state index in [2.05, 4.69) is 164 Å². The molecule has 0 fully saturated rings. The Kier molecular flexibility index (Phi) is 5.81. The number of rotatable bonds is 3. The van der Waals surface area contributed by atoms with Crippen molar-refractivity contribution in [3.05, 3.63) is 164 Å². The van der Waals surface area contributed by atoms with E-state index in [4.69, 9.17) is 0 Å². The van der Waals surface area contributed by atoms with Gasteiger partial charge in [-0.25, -0.2) is 0 Å². The van der Waals surface area contributed by atoms with Crippen LogP contribution in [-0.2, 0) is 0 Å². The molecule has 9 aromatic carbocycles. The molecule has 0 saturated carbocycles. The summed E-state index contributed by atoms with van der Waals surface area (Å²) in [7, 11) is 0. The fraction of sp³-hybridized carbons (Fsp3) is 0. The van der Waals surface area contributed by atoms with Crippen LogP contribution in [0.1, 0.15) is 0 Å². The van der Waals surface area contributed by atoms with Crippen LogP contribution < -0.4 is 9.81 Å². The maximum absolute atomic E-state index is 3.06. The van der Waals surface area contributed by atoms with E-state index >= 15 is 0 Å². The van der Waals surface area contributed by atoms with Crippen LogP contribution in [0.2, 0.25) is 0 Å². The minimum atomic E-state index is -3.06. The van der Waals surface area contributed by atoms with E-state index < -0.39 is 21.8 Å². The summed E-state index contributed by atoms with van der Waals surface area (Å²) in [6.07, 6.45) is 0. The zero-order valence-corrected chi connectivity index (χ0v) is 27.0. The number of fused-ring (bicyclic) bond motifs is 9. The normalized spacial score (nSPS) is 11.9. The molecule has 0 bridgehead atoms. The summed E-state index contributed by atoms with van der Waals surface area (Å²) in [6.45, 7) is 0. The predicted octanol–water partition coefficient (Wildman–Crippen LogP) is 9.12. The molecule has 9 rings (SSSR count). The van der Waals surface area contributed by atoms with E-state index in [1.54, 1.807) is 9.81 Å². The Morgan fingerprint density at radius 3 is 0.767 bits per heavy atom. The van der Waals surface area contributed by atoms with E-state index in [0.29, 0.717) is 0 Å². The van der Waals surface area contributed by atoms with Gasteiger partial charge in [0.05, 0.1) is 0 Å². The summed E-state index contributed by atoms with van der Waals surface area (Å²) in [6, 6.07) is 61.7. The quantitative estimate of drug-likeness (QED) is 0.125. The summed E-state index contributed by atoms with van der Waals surface area (Å²) < 4.78 is 4.64. The molecule has 9 aromatic rings. The summed E-state index contributed by atoms with van der Waals surface area (Å²) in [5, 5.41) is 16.2.